The molecule has 1 aromatic rings. The summed E-state index contributed by atoms with van der Waals surface area (Å²) in [5, 5.41) is 19.9. The van der Waals surface area contributed by atoms with Crippen LogP contribution in [0.15, 0.2) is 29.4 Å². The number of phenols is 1. The highest BCUT2D eigenvalue weighted by Gasteiger charge is 1.89. The molecule has 58 valence electrons. The van der Waals surface area contributed by atoms with Gasteiger partial charge in [-0.3, -0.25) is 0 Å². The summed E-state index contributed by atoms with van der Waals surface area (Å²) in [5.74, 6) is 0.245. The maximum absolute atomic E-state index is 8.90. The van der Waals surface area contributed by atoms with Crippen LogP contribution in [-0.4, -0.2) is 16.5 Å². The second-order valence-electron chi connectivity index (χ2n) is 2.17. The third-order valence-electron chi connectivity index (χ3n) is 1.34. The zero-order chi connectivity index (χ0) is 8.10. The van der Waals surface area contributed by atoms with Crippen molar-refractivity contribution < 1.29 is 10.3 Å². The van der Waals surface area contributed by atoms with Crippen LogP contribution in [0.4, 0.5) is 0 Å². The molecule has 0 spiro atoms. The third kappa shape index (κ3) is 2.29. The lowest BCUT2D eigenvalue weighted by Crippen LogP contribution is -1.84. The Balaban J connectivity index is 2.66. The summed E-state index contributed by atoms with van der Waals surface area (Å²) in [4.78, 5) is 0. The van der Waals surface area contributed by atoms with E-state index < -0.39 is 0 Å². The van der Waals surface area contributed by atoms with Gasteiger partial charge in [-0.1, -0.05) is 12.1 Å². The molecule has 3 nitrogen and oxygen atoms in total. The molecule has 0 aliphatic carbocycles. The number of hydrogen-bond acceptors (Lipinski definition) is 3. The van der Waals surface area contributed by atoms with Crippen LogP contribution < -0.4 is 0 Å². The van der Waals surface area contributed by atoms with E-state index in [-0.39, 0.29) is 5.75 Å². The Morgan fingerprint density at radius 3 is 2.45 bits per heavy atom. The molecular formula is C8H9NO2. The Labute approximate surface area is 64.6 Å². The number of rotatable bonds is 2. The molecule has 0 heterocycles. The first-order valence-corrected chi connectivity index (χ1v) is 3.26. The van der Waals surface area contributed by atoms with E-state index in [9.17, 15) is 0 Å². The normalized spacial score (nSPS) is 10.5. The Morgan fingerprint density at radius 2 is 1.91 bits per heavy atom. The minimum absolute atomic E-state index is 0.245. The van der Waals surface area contributed by atoms with Gasteiger partial charge in [0.15, 0.2) is 0 Å². The molecule has 0 saturated heterocycles. The Morgan fingerprint density at radius 1 is 1.27 bits per heavy atom. The molecule has 0 amide bonds. The number of oxime groups is 1. The Kier molecular flexibility index (Phi) is 2.49. The summed E-state index contributed by atoms with van der Waals surface area (Å²) in [5.41, 5.74) is 1.00. The molecule has 1 aromatic carbocycles. The third-order valence-corrected chi connectivity index (χ3v) is 1.34. The van der Waals surface area contributed by atoms with Crippen LogP contribution in [0.1, 0.15) is 5.56 Å². The molecule has 0 atom stereocenters. The van der Waals surface area contributed by atoms with Gasteiger partial charge in [-0.15, -0.1) is 5.16 Å². The van der Waals surface area contributed by atoms with Crippen molar-refractivity contribution in [2.24, 2.45) is 5.16 Å². The molecule has 0 saturated carbocycles. The fourth-order valence-electron chi connectivity index (χ4n) is 0.778. The molecule has 0 aromatic heterocycles. The van der Waals surface area contributed by atoms with Gasteiger partial charge in [-0.05, 0) is 17.7 Å². The van der Waals surface area contributed by atoms with Gasteiger partial charge in [-0.25, -0.2) is 0 Å². The predicted molar refractivity (Wildman–Crippen MR) is 42.1 cm³/mol. The minimum atomic E-state index is 0.245. The molecule has 11 heavy (non-hydrogen) atoms. The number of hydrogen-bond donors (Lipinski definition) is 2. The first-order chi connectivity index (χ1) is 5.33. The van der Waals surface area contributed by atoms with E-state index >= 15 is 0 Å². The van der Waals surface area contributed by atoms with Crippen molar-refractivity contribution in [2.45, 2.75) is 6.42 Å². The summed E-state index contributed by atoms with van der Waals surface area (Å²) in [6.45, 7) is 0. The highest BCUT2D eigenvalue weighted by atomic mass is 16.4. The van der Waals surface area contributed by atoms with E-state index in [0.717, 1.165) is 5.56 Å². The van der Waals surface area contributed by atoms with Crippen LogP contribution in [0, 0.1) is 0 Å². The number of benzene rings is 1. The molecule has 0 fully saturated rings. The predicted octanol–water partition coefficient (Wildman–Crippen LogP) is 1.39. The quantitative estimate of drug-likeness (QED) is 0.381. The average molecular weight is 151 g/mol. The molecule has 0 unspecified atom stereocenters. The van der Waals surface area contributed by atoms with Crippen LogP contribution in [0.25, 0.3) is 0 Å². The van der Waals surface area contributed by atoms with Crippen molar-refractivity contribution in [1.29, 1.82) is 0 Å². The van der Waals surface area contributed by atoms with Crippen LogP contribution in [0.5, 0.6) is 5.75 Å². The van der Waals surface area contributed by atoms with Gasteiger partial charge in [0.1, 0.15) is 5.75 Å². The maximum atomic E-state index is 8.90. The van der Waals surface area contributed by atoms with E-state index in [1.54, 1.807) is 24.3 Å². The largest absolute Gasteiger partial charge is 0.508 e. The molecule has 2 N–H and O–H groups in total. The first kappa shape index (κ1) is 7.60. The van der Waals surface area contributed by atoms with E-state index in [1.165, 1.54) is 6.21 Å². The number of nitrogens with zero attached hydrogens (tertiary/aromatic N) is 1. The zero-order valence-electron chi connectivity index (χ0n) is 5.94. The second-order valence-corrected chi connectivity index (χ2v) is 2.17. The smallest absolute Gasteiger partial charge is 0.115 e. The lowest BCUT2D eigenvalue weighted by molar-refractivity contribution is 0.321. The van der Waals surface area contributed by atoms with Crippen molar-refractivity contribution in [3.05, 3.63) is 29.8 Å². The summed E-state index contributed by atoms with van der Waals surface area (Å²) >= 11 is 0. The lowest BCUT2D eigenvalue weighted by atomic mass is 10.2. The molecule has 0 radical (unpaired) electrons. The summed E-state index contributed by atoms with van der Waals surface area (Å²) < 4.78 is 0. The summed E-state index contributed by atoms with van der Waals surface area (Å²) in [7, 11) is 0. The van der Waals surface area contributed by atoms with Crippen LogP contribution in [0.3, 0.4) is 0 Å². The van der Waals surface area contributed by atoms with Gasteiger partial charge in [0, 0.05) is 12.6 Å². The van der Waals surface area contributed by atoms with Crippen molar-refractivity contribution in [3.8, 4) is 5.75 Å². The highest BCUT2D eigenvalue weighted by molar-refractivity contribution is 5.60. The van der Waals surface area contributed by atoms with Gasteiger partial charge in [0.25, 0.3) is 0 Å². The average Bonchev–Trinajstić information content (AvgIpc) is 2.04. The maximum Gasteiger partial charge on any atom is 0.115 e. The van der Waals surface area contributed by atoms with Crippen molar-refractivity contribution in [2.75, 3.05) is 0 Å². The Bertz CT molecular complexity index is 241. The van der Waals surface area contributed by atoms with Crippen molar-refractivity contribution in [1.82, 2.24) is 0 Å². The standard InChI is InChI=1S/C8H9NO2/c10-8-3-1-7(2-4-8)5-6-9-11/h1-4,6,10-11H,5H2/b9-6+. The first-order valence-electron chi connectivity index (χ1n) is 3.26. The van der Waals surface area contributed by atoms with Gasteiger partial charge in [0.05, 0.1) is 0 Å². The minimum Gasteiger partial charge on any atom is -0.508 e. The molecule has 1 rings (SSSR count). The van der Waals surface area contributed by atoms with Crippen molar-refractivity contribution >= 4 is 6.21 Å². The lowest BCUT2D eigenvalue weighted by Gasteiger charge is -1.94. The molecule has 0 aliphatic heterocycles. The van der Waals surface area contributed by atoms with Crippen LogP contribution >= 0.6 is 0 Å². The number of phenolic OH excluding ortho intramolecular Hbond substituents is 1. The topological polar surface area (TPSA) is 52.8 Å². The molecule has 0 bridgehead atoms. The SMILES string of the molecule is O/N=C/Cc1ccc(O)cc1. The van der Waals surface area contributed by atoms with Crippen molar-refractivity contribution in [3.63, 3.8) is 0 Å². The number of aromatic hydroxyl groups is 1. The summed E-state index contributed by atoms with van der Waals surface area (Å²) in [6, 6.07) is 6.75. The van der Waals surface area contributed by atoms with E-state index in [0.29, 0.717) is 6.42 Å². The zero-order valence-corrected chi connectivity index (χ0v) is 5.94. The fraction of sp³-hybridized carbons (Fsp3) is 0.125. The highest BCUT2D eigenvalue weighted by Crippen LogP contribution is 2.08. The monoisotopic (exact) mass is 151 g/mol. The Hall–Kier alpha value is -1.51. The van der Waals surface area contributed by atoms with E-state index in [1.807, 2.05) is 0 Å². The summed E-state index contributed by atoms with van der Waals surface area (Å²) in [6.07, 6.45) is 1.98. The van der Waals surface area contributed by atoms with Gasteiger partial charge < -0.3 is 10.3 Å². The van der Waals surface area contributed by atoms with Gasteiger partial charge in [0.2, 0.25) is 0 Å². The molecular weight excluding hydrogens is 142 g/mol. The van der Waals surface area contributed by atoms with Gasteiger partial charge >= 0.3 is 0 Å². The molecule has 3 heteroatoms. The van der Waals surface area contributed by atoms with Crippen LogP contribution in [-0.2, 0) is 6.42 Å². The van der Waals surface area contributed by atoms with Crippen LogP contribution in [0.2, 0.25) is 0 Å². The van der Waals surface area contributed by atoms with E-state index in [4.69, 9.17) is 10.3 Å². The van der Waals surface area contributed by atoms with E-state index in [2.05, 4.69) is 5.16 Å². The van der Waals surface area contributed by atoms with Gasteiger partial charge in [-0.2, -0.15) is 0 Å². The second kappa shape index (κ2) is 3.61. The fourth-order valence-corrected chi connectivity index (χ4v) is 0.778. The molecule has 0 aliphatic rings.